The van der Waals surface area contributed by atoms with Gasteiger partial charge in [-0.25, -0.2) is 22.8 Å². The van der Waals surface area contributed by atoms with E-state index >= 15 is 0 Å². The molecule has 0 radical (unpaired) electrons. The predicted molar refractivity (Wildman–Crippen MR) is 135 cm³/mol. The number of thiazole rings is 1. The molecular weight excluding hydrogens is 522 g/mol. The molecule has 2 aromatic heterocycles. The summed E-state index contributed by atoms with van der Waals surface area (Å²) in [4.78, 5) is 11.0. The van der Waals surface area contributed by atoms with E-state index in [1.165, 1.54) is 17.5 Å². The standard InChI is InChI=1S/C24H30F2N6O3S2/c1-13-6-14-7-16(9-17(13)19(14)12-33)37(34,35)30-15-8-21-18(20-2-4-32(29-20)24(25)26)10-28-22(31(21)11-15)23-27-3-5-36-23/h2-5,13-17,19,24,30,33H,6-12H2,1H3/t13-,14?,15-,16+,17+,19+/m0/s1. The van der Waals surface area contributed by atoms with Gasteiger partial charge in [-0.15, -0.1) is 11.3 Å². The van der Waals surface area contributed by atoms with Crippen LogP contribution >= 0.6 is 11.3 Å². The van der Waals surface area contributed by atoms with Crippen molar-refractivity contribution in [1.29, 1.82) is 0 Å². The Labute approximate surface area is 218 Å². The SMILES string of the molecule is C[C@H]1CC2C[C@@H](S(=O)(=O)N[C@H]3CC4=C(c5ccn(C(F)F)n5)CN=C(c5nccs5)N4C3)C[C@H]1[C@@H]2CO. The Bertz CT molecular complexity index is 1330. The molecule has 200 valence electrons. The van der Waals surface area contributed by atoms with Gasteiger partial charge in [0.2, 0.25) is 10.0 Å². The first-order valence-corrected chi connectivity index (χ1v) is 15.1. The summed E-state index contributed by atoms with van der Waals surface area (Å²) in [7, 11) is -3.60. The third-order valence-electron chi connectivity index (χ3n) is 8.54. The highest BCUT2D eigenvalue weighted by atomic mass is 32.2. The van der Waals surface area contributed by atoms with Gasteiger partial charge in [0, 0.05) is 54.7 Å². The highest BCUT2D eigenvalue weighted by Crippen LogP contribution is 2.51. The molecule has 6 rings (SSSR count). The molecule has 2 aliphatic heterocycles. The monoisotopic (exact) mass is 552 g/mol. The molecule has 9 nitrogen and oxygen atoms in total. The summed E-state index contributed by atoms with van der Waals surface area (Å²) in [6, 6.07) is 1.16. The molecular formula is C24H30F2N6O3S2. The second-order valence-electron chi connectivity index (χ2n) is 10.6. The number of nitrogens with zero attached hydrogens (tertiary/aromatic N) is 5. The molecule has 0 aromatic carbocycles. The van der Waals surface area contributed by atoms with Gasteiger partial charge in [-0.3, -0.25) is 4.99 Å². The van der Waals surface area contributed by atoms with Crippen molar-refractivity contribution >= 4 is 32.8 Å². The van der Waals surface area contributed by atoms with Crippen LogP contribution in [0.1, 0.15) is 49.9 Å². The first kappa shape index (κ1) is 25.1. The third kappa shape index (κ3) is 4.43. The molecule has 3 fully saturated rings. The lowest BCUT2D eigenvalue weighted by Gasteiger charge is -2.35. The molecule has 6 atom stereocenters. The van der Waals surface area contributed by atoms with Gasteiger partial charge in [-0.2, -0.15) is 13.9 Å². The van der Waals surface area contributed by atoms with Crippen molar-refractivity contribution in [3.8, 4) is 0 Å². The average Bonchev–Trinajstić information content (AvgIpc) is 3.65. The summed E-state index contributed by atoms with van der Waals surface area (Å²) in [5, 5.41) is 16.0. The van der Waals surface area contributed by atoms with Crippen molar-refractivity contribution in [3.63, 3.8) is 0 Å². The number of hydrogen-bond donors (Lipinski definition) is 2. The van der Waals surface area contributed by atoms with Crippen molar-refractivity contribution in [2.24, 2.45) is 28.7 Å². The Kier molecular flexibility index (Phi) is 6.45. The zero-order valence-electron chi connectivity index (χ0n) is 20.4. The van der Waals surface area contributed by atoms with E-state index in [1.807, 2.05) is 10.3 Å². The molecule has 4 heterocycles. The maximum absolute atomic E-state index is 13.6. The van der Waals surface area contributed by atoms with E-state index in [0.717, 1.165) is 22.7 Å². The van der Waals surface area contributed by atoms with Crippen molar-refractivity contribution in [2.45, 2.75) is 50.4 Å². The molecule has 13 heteroatoms. The molecule has 37 heavy (non-hydrogen) atoms. The van der Waals surface area contributed by atoms with E-state index in [1.54, 1.807) is 12.3 Å². The van der Waals surface area contributed by atoms with E-state index in [-0.39, 0.29) is 36.9 Å². The molecule has 2 aromatic rings. The van der Waals surface area contributed by atoms with Crippen LogP contribution in [0.25, 0.3) is 5.57 Å². The lowest BCUT2D eigenvalue weighted by atomic mass is 9.77. The van der Waals surface area contributed by atoms with Gasteiger partial charge in [0.05, 0.1) is 17.5 Å². The van der Waals surface area contributed by atoms with Crippen molar-refractivity contribution in [3.05, 3.63) is 40.2 Å². The van der Waals surface area contributed by atoms with Crippen LogP contribution in [0.2, 0.25) is 0 Å². The summed E-state index contributed by atoms with van der Waals surface area (Å²) in [5.41, 5.74) is 1.97. The predicted octanol–water partition coefficient (Wildman–Crippen LogP) is 2.94. The first-order valence-electron chi connectivity index (χ1n) is 12.6. The molecule has 2 aliphatic carbocycles. The Morgan fingerprint density at radius 2 is 2.14 bits per heavy atom. The van der Waals surface area contributed by atoms with E-state index in [0.29, 0.717) is 47.9 Å². The summed E-state index contributed by atoms with van der Waals surface area (Å²) in [6.45, 7) is 0.173. The lowest BCUT2D eigenvalue weighted by Crippen LogP contribution is -2.46. The fraction of sp³-hybridized carbons (Fsp3) is 0.625. The van der Waals surface area contributed by atoms with Crippen molar-refractivity contribution in [2.75, 3.05) is 19.7 Å². The first-order chi connectivity index (χ1) is 17.7. The zero-order chi connectivity index (χ0) is 25.9. The fourth-order valence-corrected chi connectivity index (χ4v) is 9.33. The van der Waals surface area contributed by atoms with Gasteiger partial charge in [-0.1, -0.05) is 6.92 Å². The number of aromatic nitrogens is 3. The number of aliphatic hydroxyl groups excluding tert-OH is 1. The number of aliphatic hydroxyl groups is 1. The minimum atomic E-state index is -3.60. The number of amidine groups is 1. The van der Waals surface area contributed by atoms with Crippen LogP contribution < -0.4 is 4.72 Å². The van der Waals surface area contributed by atoms with Gasteiger partial charge in [0.15, 0.2) is 10.8 Å². The minimum Gasteiger partial charge on any atom is -0.396 e. The summed E-state index contributed by atoms with van der Waals surface area (Å²) >= 11 is 1.45. The maximum Gasteiger partial charge on any atom is 0.333 e. The number of sulfonamides is 1. The summed E-state index contributed by atoms with van der Waals surface area (Å²) < 4.78 is 57.0. The molecule has 2 bridgehead atoms. The number of hydrogen-bond acceptors (Lipinski definition) is 8. The molecule has 0 amide bonds. The minimum absolute atomic E-state index is 0.120. The number of rotatable bonds is 7. The lowest BCUT2D eigenvalue weighted by molar-refractivity contribution is 0.0564. The van der Waals surface area contributed by atoms with Crippen LogP contribution in [0.15, 0.2) is 34.5 Å². The topological polar surface area (TPSA) is 113 Å². The molecule has 2 N–H and O–H groups in total. The Morgan fingerprint density at radius 3 is 2.81 bits per heavy atom. The van der Waals surface area contributed by atoms with Crippen LogP contribution in [0.5, 0.6) is 0 Å². The maximum atomic E-state index is 13.6. The molecule has 1 unspecified atom stereocenters. The van der Waals surface area contributed by atoms with Crippen molar-refractivity contribution < 1.29 is 22.3 Å². The highest BCUT2D eigenvalue weighted by molar-refractivity contribution is 7.90. The van der Waals surface area contributed by atoms with Crippen LogP contribution in [-0.4, -0.2) is 70.0 Å². The fourth-order valence-electron chi connectivity index (χ4n) is 6.88. The van der Waals surface area contributed by atoms with Gasteiger partial charge >= 0.3 is 6.55 Å². The van der Waals surface area contributed by atoms with Gasteiger partial charge < -0.3 is 10.0 Å². The normalized spacial score (nSPS) is 31.8. The van der Waals surface area contributed by atoms with Gasteiger partial charge in [0.1, 0.15) is 0 Å². The number of halogens is 2. The molecule has 0 spiro atoms. The molecule has 1 saturated heterocycles. The third-order valence-corrected chi connectivity index (χ3v) is 11.2. The Hall–Kier alpha value is -2.22. The average molecular weight is 553 g/mol. The number of fused-ring (bicyclic) bond motifs is 3. The van der Waals surface area contributed by atoms with Crippen LogP contribution in [0.3, 0.4) is 0 Å². The summed E-state index contributed by atoms with van der Waals surface area (Å²) in [6.07, 6.45) is 5.46. The number of alkyl halides is 2. The zero-order valence-corrected chi connectivity index (χ0v) is 22.0. The Morgan fingerprint density at radius 1 is 1.30 bits per heavy atom. The largest absolute Gasteiger partial charge is 0.396 e. The highest BCUT2D eigenvalue weighted by Gasteiger charge is 2.50. The Balaban J connectivity index is 1.26. The van der Waals surface area contributed by atoms with E-state index in [4.69, 9.17) is 4.99 Å². The van der Waals surface area contributed by atoms with Crippen molar-refractivity contribution in [1.82, 2.24) is 24.4 Å². The number of nitrogens with one attached hydrogen (secondary N) is 1. The quantitative estimate of drug-likeness (QED) is 0.546. The van der Waals surface area contributed by atoms with Gasteiger partial charge in [0.25, 0.3) is 0 Å². The molecule has 2 saturated carbocycles. The summed E-state index contributed by atoms with van der Waals surface area (Å²) in [5.74, 6) is 1.74. The van der Waals surface area contributed by atoms with Crippen LogP contribution in [-0.2, 0) is 10.0 Å². The number of aliphatic imine (C=N–C) groups is 1. The second-order valence-corrected chi connectivity index (χ2v) is 13.5. The van der Waals surface area contributed by atoms with E-state index in [9.17, 15) is 22.3 Å². The van der Waals surface area contributed by atoms with Crippen LogP contribution in [0.4, 0.5) is 8.78 Å². The van der Waals surface area contributed by atoms with E-state index < -0.39 is 21.8 Å². The van der Waals surface area contributed by atoms with Crippen LogP contribution in [0, 0.1) is 23.7 Å². The van der Waals surface area contributed by atoms with E-state index in [2.05, 4.69) is 21.7 Å². The molecule has 4 aliphatic rings. The smallest absolute Gasteiger partial charge is 0.333 e. The van der Waals surface area contributed by atoms with Gasteiger partial charge in [-0.05, 0) is 49.0 Å². The second kappa shape index (κ2) is 9.51.